The van der Waals surface area contributed by atoms with Gasteiger partial charge in [0, 0.05) is 35.2 Å². The van der Waals surface area contributed by atoms with Crippen LogP contribution in [0.3, 0.4) is 0 Å². The van der Waals surface area contributed by atoms with Gasteiger partial charge in [0.05, 0.1) is 0 Å². The number of carbonyl (C=O) groups excluding carboxylic acids is 5. The number of carbonyl (C=O) groups is 5. The van der Waals surface area contributed by atoms with E-state index in [0.717, 1.165) is 36.0 Å². The van der Waals surface area contributed by atoms with Gasteiger partial charge in [0.2, 0.25) is 23.6 Å². The topological polar surface area (TPSA) is 125 Å². The predicted octanol–water partition coefficient (Wildman–Crippen LogP) is 3.66. The van der Waals surface area contributed by atoms with Crippen LogP contribution >= 0.6 is 11.6 Å². The number of benzene rings is 2. The molecule has 1 saturated carbocycles. The lowest BCUT2D eigenvalue weighted by atomic mass is 9.84. The van der Waals surface area contributed by atoms with Gasteiger partial charge in [-0.3, -0.25) is 29.3 Å². The summed E-state index contributed by atoms with van der Waals surface area (Å²) in [7, 11) is 0. The minimum Gasteiger partial charge on any atom is -0.344 e. The number of aryl methyl sites for hydroxylation is 2. The highest BCUT2D eigenvalue weighted by molar-refractivity contribution is 6.31. The number of nitrogens with zero attached hydrogens (tertiary/aromatic N) is 1. The first kappa shape index (κ1) is 27.8. The molecule has 1 aliphatic carbocycles. The molecule has 2 heterocycles. The summed E-state index contributed by atoms with van der Waals surface area (Å²) in [6.07, 6.45) is 4.81. The number of piperidine rings is 1. The molecular formula is C30H33ClN4O5. The van der Waals surface area contributed by atoms with Gasteiger partial charge >= 0.3 is 0 Å². The number of rotatable bonds is 9. The van der Waals surface area contributed by atoms with Crippen molar-refractivity contribution in [1.29, 1.82) is 0 Å². The zero-order valence-electron chi connectivity index (χ0n) is 22.4. The first-order valence-corrected chi connectivity index (χ1v) is 14.2. The fraction of sp³-hybridized carbons (Fsp3) is 0.433. The lowest BCUT2D eigenvalue weighted by Gasteiger charge is -2.29. The first-order valence-electron chi connectivity index (χ1n) is 13.8. The number of imide groups is 1. The Morgan fingerprint density at radius 2 is 1.93 bits per heavy atom. The van der Waals surface area contributed by atoms with Gasteiger partial charge in [0.1, 0.15) is 12.1 Å². The molecule has 0 bridgehead atoms. The molecular weight excluding hydrogens is 532 g/mol. The maximum atomic E-state index is 13.2. The van der Waals surface area contributed by atoms with Crippen LogP contribution in [0.4, 0.5) is 5.69 Å². The van der Waals surface area contributed by atoms with Gasteiger partial charge in [0.15, 0.2) is 0 Å². The Morgan fingerprint density at radius 1 is 1.12 bits per heavy atom. The summed E-state index contributed by atoms with van der Waals surface area (Å²) in [5.41, 5.74) is 3.86. The third kappa shape index (κ3) is 5.89. The van der Waals surface area contributed by atoms with Crippen molar-refractivity contribution < 1.29 is 24.0 Å². The van der Waals surface area contributed by atoms with Gasteiger partial charge in [-0.2, -0.15) is 0 Å². The summed E-state index contributed by atoms with van der Waals surface area (Å²) in [5.74, 6) is -1.42. The Kier molecular flexibility index (Phi) is 8.21. The SMILES string of the molecule is Cc1ccc(NC(=O)[C@H](CCCc2cccc3c2CN(C2CCC(=O)NC2=O)C3=O)NC(=O)C2CCC2)cc1Cl. The van der Waals surface area contributed by atoms with Crippen molar-refractivity contribution in [2.45, 2.75) is 76.9 Å². The van der Waals surface area contributed by atoms with Crippen LogP contribution in [-0.2, 0) is 32.1 Å². The van der Waals surface area contributed by atoms with Crippen molar-refractivity contribution in [3.8, 4) is 0 Å². The molecule has 0 spiro atoms. The number of fused-ring (bicyclic) bond motifs is 1. The number of amides is 5. The zero-order valence-corrected chi connectivity index (χ0v) is 23.2. The largest absolute Gasteiger partial charge is 0.344 e. The van der Waals surface area contributed by atoms with E-state index in [4.69, 9.17) is 11.6 Å². The number of hydrogen-bond donors (Lipinski definition) is 3. The van der Waals surface area contributed by atoms with Crippen LogP contribution in [0.5, 0.6) is 0 Å². The van der Waals surface area contributed by atoms with Crippen molar-refractivity contribution in [2.24, 2.45) is 5.92 Å². The fourth-order valence-corrected chi connectivity index (χ4v) is 5.69. The minimum atomic E-state index is -0.716. The molecule has 0 radical (unpaired) electrons. The summed E-state index contributed by atoms with van der Waals surface area (Å²) < 4.78 is 0. The second kappa shape index (κ2) is 11.8. The van der Waals surface area contributed by atoms with E-state index in [9.17, 15) is 24.0 Å². The van der Waals surface area contributed by atoms with Crippen LogP contribution in [0.1, 0.15) is 72.0 Å². The Morgan fingerprint density at radius 3 is 2.62 bits per heavy atom. The van der Waals surface area contributed by atoms with E-state index in [1.165, 1.54) is 4.90 Å². The highest BCUT2D eigenvalue weighted by Crippen LogP contribution is 2.31. The Bertz CT molecular complexity index is 1370. The van der Waals surface area contributed by atoms with E-state index in [1.54, 1.807) is 18.2 Å². The third-order valence-electron chi connectivity index (χ3n) is 8.17. The lowest BCUT2D eigenvalue weighted by molar-refractivity contribution is -0.137. The van der Waals surface area contributed by atoms with Crippen LogP contribution in [0.25, 0.3) is 0 Å². The normalized spacial score (nSPS) is 19.5. The predicted molar refractivity (Wildman–Crippen MR) is 150 cm³/mol. The molecule has 2 fully saturated rings. The highest BCUT2D eigenvalue weighted by Gasteiger charge is 2.39. The molecule has 2 aliphatic heterocycles. The molecule has 9 nitrogen and oxygen atoms in total. The van der Waals surface area contributed by atoms with E-state index < -0.39 is 18.0 Å². The Balaban J connectivity index is 1.25. The second-order valence-electron chi connectivity index (χ2n) is 10.9. The molecule has 3 aliphatic rings. The molecule has 10 heteroatoms. The van der Waals surface area contributed by atoms with Gasteiger partial charge < -0.3 is 15.5 Å². The molecule has 3 N–H and O–H groups in total. The summed E-state index contributed by atoms with van der Waals surface area (Å²) in [6.45, 7) is 2.18. The van der Waals surface area contributed by atoms with Gasteiger partial charge in [-0.15, -0.1) is 0 Å². The maximum absolute atomic E-state index is 13.2. The van der Waals surface area contributed by atoms with Crippen molar-refractivity contribution in [2.75, 3.05) is 5.32 Å². The van der Waals surface area contributed by atoms with Gasteiger partial charge in [-0.25, -0.2) is 0 Å². The van der Waals surface area contributed by atoms with Crippen LogP contribution in [-0.4, -0.2) is 46.5 Å². The average molecular weight is 565 g/mol. The first-order chi connectivity index (χ1) is 19.2. The summed E-state index contributed by atoms with van der Waals surface area (Å²) in [6, 6.07) is 9.45. The van der Waals surface area contributed by atoms with Crippen molar-refractivity contribution >= 4 is 46.8 Å². The Labute approximate surface area is 238 Å². The minimum absolute atomic E-state index is 0.0502. The molecule has 5 amide bonds. The van der Waals surface area contributed by atoms with E-state index in [1.807, 2.05) is 25.1 Å². The molecule has 2 aromatic carbocycles. The lowest BCUT2D eigenvalue weighted by Crippen LogP contribution is -2.52. The monoisotopic (exact) mass is 564 g/mol. The molecule has 40 heavy (non-hydrogen) atoms. The number of nitrogens with one attached hydrogen (secondary N) is 3. The average Bonchev–Trinajstić information content (AvgIpc) is 3.21. The number of anilines is 1. The van der Waals surface area contributed by atoms with E-state index in [-0.39, 0.29) is 36.0 Å². The van der Waals surface area contributed by atoms with Crippen molar-refractivity contribution in [1.82, 2.24) is 15.5 Å². The van der Waals surface area contributed by atoms with Crippen LogP contribution in [0, 0.1) is 12.8 Å². The standard InChI is InChI=1S/C30H33ClN4O5/c1-17-11-12-20(15-23(17)31)32-28(38)24(33-27(37)19-7-2-8-19)10-4-6-18-5-3-9-21-22(18)16-35(30(21)40)25-13-14-26(36)34-29(25)39/h3,5,9,11-12,15,19,24-25H,2,4,6-8,10,13-14,16H2,1H3,(H,32,38)(H,33,37)(H,34,36,39)/t24-,25?/m0/s1. The van der Waals surface area contributed by atoms with Crippen LogP contribution in [0.15, 0.2) is 36.4 Å². The van der Waals surface area contributed by atoms with Gasteiger partial charge in [-0.1, -0.05) is 36.2 Å². The quantitative estimate of drug-likeness (QED) is 0.401. The van der Waals surface area contributed by atoms with Gasteiger partial charge in [-0.05, 0) is 80.3 Å². The second-order valence-corrected chi connectivity index (χ2v) is 11.3. The van der Waals surface area contributed by atoms with Crippen molar-refractivity contribution in [3.63, 3.8) is 0 Å². The van der Waals surface area contributed by atoms with Crippen LogP contribution in [0.2, 0.25) is 5.02 Å². The molecule has 210 valence electrons. The van der Waals surface area contributed by atoms with E-state index in [2.05, 4.69) is 16.0 Å². The number of halogens is 1. The molecule has 2 aromatic rings. The summed E-state index contributed by atoms with van der Waals surface area (Å²) in [4.78, 5) is 64.6. The summed E-state index contributed by atoms with van der Waals surface area (Å²) >= 11 is 6.23. The summed E-state index contributed by atoms with van der Waals surface area (Å²) in [5, 5.41) is 8.71. The fourth-order valence-electron chi connectivity index (χ4n) is 5.51. The van der Waals surface area contributed by atoms with Crippen molar-refractivity contribution in [3.05, 3.63) is 63.7 Å². The molecule has 1 unspecified atom stereocenters. The molecule has 0 aromatic heterocycles. The Hall–Kier alpha value is -3.72. The maximum Gasteiger partial charge on any atom is 0.255 e. The smallest absolute Gasteiger partial charge is 0.255 e. The highest BCUT2D eigenvalue weighted by atomic mass is 35.5. The molecule has 2 atom stereocenters. The van der Waals surface area contributed by atoms with E-state index in [0.29, 0.717) is 48.5 Å². The molecule has 1 saturated heterocycles. The molecule has 5 rings (SSSR count). The third-order valence-corrected chi connectivity index (χ3v) is 8.57. The van der Waals surface area contributed by atoms with Gasteiger partial charge in [0.25, 0.3) is 5.91 Å². The zero-order chi connectivity index (χ0) is 28.4. The van der Waals surface area contributed by atoms with E-state index >= 15 is 0 Å². The van der Waals surface area contributed by atoms with Crippen LogP contribution < -0.4 is 16.0 Å². The number of hydrogen-bond acceptors (Lipinski definition) is 5.